The molecule has 208 valence electrons. The zero-order valence-corrected chi connectivity index (χ0v) is 22.7. The summed E-state index contributed by atoms with van der Waals surface area (Å²) >= 11 is 0. The molecule has 0 amide bonds. The third kappa shape index (κ3) is 3.22. The topological polar surface area (TPSA) is 77.5 Å². The Morgan fingerprint density at radius 1 is 1.20 bits per heavy atom. The molecular weight excluding hydrogens is 514 g/mol. The highest BCUT2D eigenvalue weighted by Crippen LogP contribution is 2.69. The van der Waals surface area contributed by atoms with E-state index >= 15 is 8.78 Å². The van der Waals surface area contributed by atoms with E-state index < -0.39 is 46.4 Å². The minimum absolute atomic E-state index is 0.0930. The predicted molar refractivity (Wildman–Crippen MR) is 144 cm³/mol. The zero-order valence-electron chi connectivity index (χ0n) is 22.7. The fraction of sp³-hybridized carbons (Fsp3) is 0.438. The average molecular weight is 547 g/mol. The number of carbonyl (C=O) groups excluding carboxylic acids is 1. The van der Waals surface area contributed by atoms with E-state index in [4.69, 9.17) is 9.15 Å². The normalized spacial score (nSPS) is 37.9. The maximum atomic E-state index is 17.8. The highest BCUT2D eigenvalue weighted by molar-refractivity contribution is 5.86. The van der Waals surface area contributed by atoms with Crippen LogP contribution in [-0.4, -0.2) is 38.7 Å². The van der Waals surface area contributed by atoms with Gasteiger partial charge >= 0.3 is 5.97 Å². The molecule has 2 fully saturated rings. The SMILES string of the molecule is C[C@@H]1CC2C3C=C(F)C4=Cc5c(cnn5-c5ccccc5)C[C@]4(C)[C@@]3(F)[C@@H](O)C[C@]2(C)[C@@H]1OC(=O)c1ccco1. The maximum Gasteiger partial charge on any atom is 0.374 e. The monoisotopic (exact) mass is 546 g/mol. The third-order valence-electron chi connectivity index (χ3n) is 10.4. The molecule has 8 heteroatoms. The van der Waals surface area contributed by atoms with Crippen LogP contribution in [-0.2, 0) is 11.2 Å². The van der Waals surface area contributed by atoms with Gasteiger partial charge in [-0.1, -0.05) is 39.0 Å². The molecule has 8 atom stereocenters. The summed E-state index contributed by atoms with van der Waals surface area (Å²) in [6, 6.07) is 12.7. The molecule has 6 nitrogen and oxygen atoms in total. The van der Waals surface area contributed by atoms with E-state index in [1.165, 1.54) is 18.4 Å². The van der Waals surface area contributed by atoms with E-state index in [0.29, 0.717) is 6.42 Å². The standard InChI is InChI=1S/C32H32F2N2O4/c1-18-12-21-22-13-24(33)23-14-25-19(17-35-36(25)20-8-5-4-6-9-20)15-31(23,3)32(22,34)27(37)16-30(21,2)28(18)40-29(38)26-10-7-11-39-26/h4-11,13-14,17-18,21-22,27-28,37H,12,15-16H2,1-3H3/t18-,21?,22?,27+,28-,30+,31+,32+/m1/s1. The summed E-state index contributed by atoms with van der Waals surface area (Å²) in [7, 11) is 0. The first-order chi connectivity index (χ1) is 19.1. The summed E-state index contributed by atoms with van der Waals surface area (Å²) < 4.78 is 46.9. The Kier molecular flexibility index (Phi) is 5.40. The molecule has 0 bridgehead atoms. The number of carbonyl (C=O) groups is 1. The van der Waals surface area contributed by atoms with Crippen molar-refractivity contribution in [2.75, 3.05) is 0 Å². The fourth-order valence-electron chi connectivity index (χ4n) is 8.50. The lowest BCUT2D eigenvalue weighted by molar-refractivity contribution is -0.191. The van der Waals surface area contributed by atoms with Crippen molar-refractivity contribution in [3.05, 3.63) is 89.4 Å². The van der Waals surface area contributed by atoms with E-state index in [1.54, 1.807) is 29.9 Å². The van der Waals surface area contributed by atoms with Gasteiger partial charge < -0.3 is 14.3 Å². The number of benzene rings is 1. The van der Waals surface area contributed by atoms with Crippen molar-refractivity contribution in [3.8, 4) is 5.69 Å². The van der Waals surface area contributed by atoms with E-state index in [9.17, 15) is 9.90 Å². The molecule has 2 unspecified atom stereocenters. The van der Waals surface area contributed by atoms with Crippen LogP contribution in [0.4, 0.5) is 8.78 Å². The first-order valence-electron chi connectivity index (χ1n) is 13.9. The summed E-state index contributed by atoms with van der Waals surface area (Å²) in [5.74, 6) is -2.28. The number of furan rings is 1. The van der Waals surface area contributed by atoms with Crippen molar-refractivity contribution in [2.45, 2.75) is 57.9 Å². The van der Waals surface area contributed by atoms with Crippen LogP contribution in [0.5, 0.6) is 0 Å². The lowest BCUT2D eigenvalue weighted by Crippen LogP contribution is -2.67. The van der Waals surface area contributed by atoms with Gasteiger partial charge in [0.25, 0.3) is 0 Å². The van der Waals surface area contributed by atoms with Gasteiger partial charge in [0.2, 0.25) is 5.76 Å². The first kappa shape index (κ1) is 25.4. The highest BCUT2D eigenvalue weighted by atomic mass is 19.1. The number of allylic oxidation sites excluding steroid dienone is 3. The second kappa shape index (κ2) is 8.49. The largest absolute Gasteiger partial charge is 0.457 e. The molecule has 2 aromatic heterocycles. The van der Waals surface area contributed by atoms with E-state index in [2.05, 4.69) is 5.10 Å². The van der Waals surface area contributed by atoms with Crippen LogP contribution in [0.15, 0.2) is 76.8 Å². The number of fused-ring (bicyclic) bond motifs is 6. The van der Waals surface area contributed by atoms with Crippen LogP contribution in [0.2, 0.25) is 0 Å². The molecular formula is C32H32F2N2O4. The van der Waals surface area contributed by atoms with Crippen LogP contribution in [0, 0.1) is 28.6 Å². The van der Waals surface area contributed by atoms with Crippen molar-refractivity contribution in [1.82, 2.24) is 9.78 Å². The number of alkyl halides is 1. The van der Waals surface area contributed by atoms with Crippen LogP contribution >= 0.6 is 0 Å². The molecule has 3 aromatic rings. The molecule has 2 saturated carbocycles. The number of halogens is 2. The molecule has 0 aliphatic heterocycles. The van der Waals surface area contributed by atoms with Gasteiger partial charge in [0.15, 0.2) is 5.67 Å². The molecule has 0 spiro atoms. The lowest BCUT2D eigenvalue weighted by Gasteiger charge is -2.60. The summed E-state index contributed by atoms with van der Waals surface area (Å²) in [5.41, 5.74) is -1.55. The van der Waals surface area contributed by atoms with Gasteiger partial charge in [0, 0.05) is 16.7 Å². The van der Waals surface area contributed by atoms with Crippen molar-refractivity contribution in [2.24, 2.45) is 28.6 Å². The Hall–Kier alpha value is -3.52. The molecule has 7 rings (SSSR count). The highest BCUT2D eigenvalue weighted by Gasteiger charge is 2.72. The van der Waals surface area contributed by atoms with Gasteiger partial charge in [0.1, 0.15) is 11.9 Å². The zero-order chi connectivity index (χ0) is 28.0. The maximum absolute atomic E-state index is 17.8. The average Bonchev–Trinajstić information content (AvgIpc) is 3.66. The molecule has 2 heterocycles. The number of rotatable bonds is 3. The lowest BCUT2D eigenvalue weighted by atomic mass is 9.46. The van der Waals surface area contributed by atoms with Crippen LogP contribution in [0.1, 0.15) is 55.4 Å². The van der Waals surface area contributed by atoms with E-state index in [-0.39, 0.29) is 36.0 Å². The molecule has 40 heavy (non-hydrogen) atoms. The molecule has 4 aliphatic rings. The Morgan fingerprint density at radius 2 is 1.98 bits per heavy atom. The molecule has 0 radical (unpaired) electrons. The number of hydrogen-bond donors (Lipinski definition) is 1. The smallest absolute Gasteiger partial charge is 0.374 e. The van der Waals surface area contributed by atoms with Crippen molar-refractivity contribution in [3.63, 3.8) is 0 Å². The van der Waals surface area contributed by atoms with E-state index in [0.717, 1.165) is 16.9 Å². The van der Waals surface area contributed by atoms with Gasteiger partial charge in [-0.05, 0) is 78.7 Å². The predicted octanol–water partition coefficient (Wildman–Crippen LogP) is 6.26. The minimum atomic E-state index is -2.12. The molecule has 1 N–H and O–H groups in total. The molecule has 0 saturated heterocycles. The first-order valence-corrected chi connectivity index (χ1v) is 13.9. The number of esters is 1. The number of nitrogens with zero attached hydrogens (tertiary/aromatic N) is 2. The second-order valence-corrected chi connectivity index (χ2v) is 12.5. The number of aromatic nitrogens is 2. The van der Waals surface area contributed by atoms with Gasteiger partial charge in [-0.2, -0.15) is 5.10 Å². The number of para-hydroxylation sites is 1. The fourth-order valence-corrected chi connectivity index (χ4v) is 8.50. The summed E-state index contributed by atoms with van der Waals surface area (Å²) in [6.07, 6.45) is 5.10. The Balaban J connectivity index is 1.29. The summed E-state index contributed by atoms with van der Waals surface area (Å²) in [4.78, 5) is 12.8. The minimum Gasteiger partial charge on any atom is -0.457 e. The molecule has 4 aliphatic carbocycles. The number of ether oxygens (including phenoxy) is 1. The van der Waals surface area contributed by atoms with Crippen LogP contribution in [0.3, 0.4) is 0 Å². The third-order valence-corrected chi connectivity index (χ3v) is 10.4. The van der Waals surface area contributed by atoms with Crippen molar-refractivity contribution in [1.29, 1.82) is 0 Å². The van der Waals surface area contributed by atoms with Crippen molar-refractivity contribution >= 4 is 12.0 Å². The van der Waals surface area contributed by atoms with Crippen LogP contribution < -0.4 is 0 Å². The quantitative estimate of drug-likeness (QED) is 0.393. The summed E-state index contributed by atoms with van der Waals surface area (Å²) in [5, 5.41) is 16.2. The summed E-state index contributed by atoms with van der Waals surface area (Å²) in [6.45, 7) is 5.64. The van der Waals surface area contributed by atoms with E-state index in [1.807, 2.05) is 44.2 Å². The Morgan fingerprint density at radius 3 is 2.70 bits per heavy atom. The number of aliphatic hydroxyl groups is 1. The van der Waals surface area contributed by atoms with Crippen molar-refractivity contribution < 1.29 is 27.8 Å². The Bertz CT molecular complexity index is 1550. The molecule has 1 aromatic carbocycles. The van der Waals surface area contributed by atoms with Gasteiger partial charge in [-0.15, -0.1) is 0 Å². The van der Waals surface area contributed by atoms with Gasteiger partial charge in [-0.25, -0.2) is 18.3 Å². The Labute approximate surface area is 231 Å². The van der Waals surface area contributed by atoms with Gasteiger partial charge in [0.05, 0.1) is 29.9 Å². The van der Waals surface area contributed by atoms with Gasteiger partial charge in [-0.3, -0.25) is 0 Å². The van der Waals surface area contributed by atoms with Crippen LogP contribution in [0.25, 0.3) is 11.8 Å². The second-order valence-electron chi connectivity index (χ2n) is 12.5. The number of aliphatic hydroxyl groups excluding tert-OH is 1. The number of hydrogen-bond acceptors (Lipinski definition) is 5.